The minimum absolute atomic E-state index is 0.0374. The van der Waals surface area contributed by atoms with Crippen LogP contribution in [0.1, 0.15) is 18.9 Å². The van der Waals surface area contributed by atoms with Gasteiger partial charge in [0.05, 0.1) is 24.3 Å². The third kappa shape index (κ3) is 4.02. The topological polar surface area (TPSA) is 50.8 Å². The maximum absolute atomic E-state index is 11.8. The summed E-state index contributed by atoms with van der Waals surface area (Å²) in [6.45, 7) is 3.61. The zero-order chi connectivity index (χ0) is 15.4. The second kappa shape index (κ2) is 7.00. The first-order valence-corrected chi connectivity index (χ1v) is 7.39. The standard InChI is InChI=1S/C15H21ClN2O3/c1-10(15(19)18(2)3)17-9-11-7-12(16)14-13(8-11)20-5-4-6-21-14/h7-8,10,17H,4-6,9H2,1-3H3. The molecule has 1 atom stereocenters. The molecule has 1 aromatic carbocycles. The molecule has 0 bridgehead atoms. The van der Waals surface area contributed by atoms with E-state index in [2.05, 4.69) is 5.32 Å². The average Bonchev–Trinajstić information content (AvgIpc) is 2.69. The SMILES string of the molecule is CC(NCc1cc(Cl)c2c(c1)OCCCO2)C(=O)N(C)C. The molecular weight excluding hydrogens is 292 g/mol. The summed E-state index contributed by atoms with van der Waals surface area (Å²) in [6.07, 6.45) is 0.840. The van der Waals surface area contributed by atoms with Crippen molar-refractivity contribution in [2.24, 2.45) is 0 Å². The largest absolute Gasteiger partial charge is 0.489 e. The Morgan fingerprint density at radius 1 is 1.38 bits per heavy atom. The zero-order valence-electron chi connectivity index (χ0n) is 12.6. The fourth-order valence-electron chi connectivity index (χ4n) is 2.13. The van der Waals surface area contributed by atoms with E-state index in [1.54, 1.807) is 19.0 Å². The van der Waals surface area contributed by atoms with Gasteiger partial charge in [0, 0.05) is 27.1 Å². The summed E-state index contributed by atoms with van der Waals surface area (Å²) < 4.78 is 11.2. The van der Waals surface area contributed by atoms with E-state index in [9.17, 15) is 4.79 Å². The van der Waals surface area contributed by atoms with Crippen LogP contribution in [-0.2, 0) is 11.3 Å². The quantitative estimate of drug-likeness (QED) is 0.924. The van der Waals surface area contributed by atoms with E-state index < -0.39 is 0 Å². The van der Waals surface area contributed by atoms with Gasteiger partial charge in [-0.1, -0.05) is 11.6 Å². The first-order chi connectivity index (χ1) is 9.99. The van der Waals surface area contributed by atoms with Gasteiger partial charge in [-0.25, -0.2) is 0 Å². The van der Waals surface area contributed by atoms with Crippen LogP contribution in [0.4, 0.5) is 0 Å². The molecule has 21 heavy (non-hydrogen) atoms. The molecule has 1 aliphatic rings. The Kier molecular flexibility index (Phi) is 5.31. The van der Waals surface area contributed by atoms with Gasteiger partial charge in [-0.05, 0) is 24.6 Å². The van der Waals surface area contributed by atoms with Crippen LogP contribution in [0.15, 0.2) is 12.1 Å². The van der Waals surface area contributed by atoms with Crippen LogP contribution < -0.4 is 14.8 Å². The number of fused-ring (bicyclic) bond motifs is 1. The van der Waals surface area contributed by atoms with Crippen molar-refractivity contribution in [3.8, 4) is 11.5 Å². The number of carbonyl (C=O) groups is 1. The molecular formula is C15H21ClN2O3. The highest BCUT2D eigenvalue weighted by atomic mass is 35.5. The number of halogens is 1. The van der Waals surface area contributed by atoms with Crippen LogP contribution in [-0.4, -0.2) is 44.2 Å². The summed E-state index contributed by atoms with van der Waals surface area (Å²) in [5.74, 6) is 1.31. The van der Waals surface area contributed by atoms with E-state index >= 15 is 0 Å². The van der Waals surface area contributed by atoms with Crippen molar-refractivity contribution in [1.82, 2.24) is 10.2 Å². The minimum Gasteiger partial charge on any atom is -0.489 e. The predicted molar refractivity (Wildman–Crippen MR) is 82.1 cm³/mol. The summed E-state index contributed by atoms with van der Waals surface area (Å²) >= 11 is 6.24. The molecule has 1 unspecified atom stereocenters. The number of carbonyl (C=O) groups excluding carboxylic acids is 1. The lowest BCUT2D eigenvalue weighted by atomic mass is 10.2. The Morgan fingerprint density at radius 2 is 2.10 bits per heavy atom. The van der Waals surface area contributed by atoms with E-state index in [0.717, 1.165) is 12.0 Å². The molecule has 1 aliphatic heterocycles. The van der Waals surface area contributed by atoms with Crippen LogP contribution in [0, 0.1) is 0 Å². The molecule has 0 fully saturated rings. The summed E-state index contributed by atoms with van der Waals surface area (Å²) in [6, 6.07) is 3.50. The normalized spacial score (nSPS) is 15.2. The Hall–Kier alpha value is -1.46. The number of benzene rings is 1. The van der Waals surface area contributed by atoms with E-state index in [1.807, 2.05) is 19.1 Å². The van der Waals surface area contributed by atoms with Crippen LogP contribution in [0.2, 0.25) is 5.02 Å². The number of ether oxygens (including phenoxy) is 2. The third-order valence-electron chi connectivity index (χ3n) is 3.29. The van der Waals surface area contributed by atoms with Crippen LogP contribution in [0.25, 0.3) is 0 Å². The molecule has 1 N–H and O–H groups in total. The van der Waals surface area contributed by atoms with Crippen molar-refractivity contribution in [2.45, 2.75) is 25.9 Å². The molecule has 2 rings (SSSR count). The number of nitrogens with zero attached hydrogens (tertiary/aromatic N) is 1. The van der Waals surface area contributed by atoms with Crippen molar-refractivity contribution in [2.75, 3.05) is 27.3 Å². The number of hydrogen-bond acceptors (Lipinski definition) is 4. The van der Waals surface area contributed by atoms with E-state index in [4.69, 9.17) is 21.1 Å². The smallest absolute Gasteiger partial charge is 0.238 e. The Balaban J connectivity index is 2.06. The minimum atomic E-state index is -0.255. The summed E-state index contributed by atoms with van der Waals surface area (Å²) in [5.41, 5.74) is 0.961. The highest BCUT2D eigenvalue weighted by Gasteiger charge is 2.17. The summed E-state index contributed by atoms with van der Waals surface area (Å²) in [4.78, 5) is 13.4. The van der Waals surface area contributed by atoms with E-state index in [0.29, 0.717) is 36.3 Å². The van der Waals surface area contributed by atoms with E-state index in [1.165, 1.54) is 0 Å². The maximum Gasteiger partial charge on any atom is 0.238 e. The summed E-state index contributed by atoms with van der Waals surface area (Å²) in [5, 5.41) is 3.72. The monoisotopic (exact) mass is 312 g/mol. The highest BCUT2D eigenvalue weighted by Crippen LogP contribution is 2.37. The molecule has 5 nitrogen and oxygen atoms in total. The third-order valence-corrected chi connectivity index (χ3v) is 3.57. The van der Waals surface area contributed by atoms with Gasteiger partial charge in [0.1, 0.15) is 0 Å². The summed E-state index contributed by atoms with van der Waals surface area (Å²) in [7, 11) is 3.48. The first kappa shape index (κ1) is 15.9. The number of amides is 1. The van der Waals surface area contributed by atoms with Gasteiger partial charge in [-0.3, -0.25) is 4.79 Å². The fourth-order valence-corrected chi connectivity index (χ4v) is 2.42. The van der Waals surface area contributed by atoms with E-state index in [-0.39, 0.29) is 11.9 Å². The van der Waals surface area contributed by atoms with Gasteiger partial charge in [0.25, 0.3) is 0 Å². The number of likely N-dealkylation sites (N-methyl/N-ethyl adjacent to an activating group) is 1. The second-order valence-corrected chi connectivity index (χ2v) is 5.70. The zero-order valence-corrected chi connectivity index (χ0v) is 13.4. The molecule has 0 aliphatic carbocycles. The van der Waals surface area contributed by atoms with Crippen LogP contribution >= 0.6 is 11.6 Å². The predicted octanol–water partition coefficient (Wildman–Crippen LogP) is 2.07. The molecule has 0 saturated carbocycles. The Bertz CT molecular complexity index is 520. The first-order valence-electron chi connectivity index (χ1n) is 7.01. The number of nitrogens with one attached hydrogen (secondary N) is 1. The molecule has 0 saturated heterocycles. The van der Waals surface area contributed by atoms with Gasteiger partial charge in [-0.2, -0.15) is 0 Å². The van der Waals surface area contributed by atoms with Gasteiger partial charge < -0.3 is 19.7 Å². The molecule has 0 spiro atoms. The Labute approximate surface area is 130 Å². The lowest BCUT2D eigenvalue weighted by Crippen LogP contribution is -2.41. The number of hydrogen-bond donors (Lipinski definition) is 1. The molecule has 0 radical (unpaired) electrons. The molecule has 1 amide bonds. The van der Waals surface area contributed by atoms with Crippen LogP contribution in [0.3, 0.4) is 0 Å². The molecule has 116 valence electrons. The molecule has 1 aromatic rings. The Morgan fingerprint density at radius 3 is 2.81 bits per heavy atom. The second-order valence-electron chi connectivity index (χ2n) is 5.29. The van der Waals surface area contributed by atoms with Gasteiger partial charge in [0.15, 0.2) is 11.5 Å². The van der Waals surface area contributed by atoms with Crippen molar-refractivity contribution in [3.05, 3.63) is 22.7 Å². The van der Waals surface area contributed by atoms with Crippen molar-refractivity contribution in [3.63, 3.8) is 0 Å². The molecule has 0 aromatic heterocycles. The number of rotatable bonds is 4. The van der Waals surface area contributed by atoms with Gasteiger partial charge >= 0.3 is 0 Å². The molecule has 6 heteroatoms. The van der Waals surface area contributed by atoms with Crippen molar-refractivity contribution >= 4 is 17.5 Å². The van der Waals surface area contributed by atoms with Crippen molar-refractivity contribution in [1.29, 1.82) is 0 Å². The highest BCUT2D eigenvalue weighted by molar-refractivity contribution is 6.32. The van der Waals surface area contributed by atoms with Crippen molar-refractivity contribution < 1.29 is 14.3 Å². The fraction of sp³-hybridized carbons (Fsp3) is 0.533. The lowest BCUT2D eigenvalue weighted by Gasteiger charge is -2.18. The average molecular weight is 313 g/mol. The molecule has 1 heterocycles. The van der Waals surface area contributed by atoms with Crippen LogP contribution in [0.5, 0.6) is 11.5 Å². The maximum atomic E-state index is 11.8. The lowest BCUT2D eigenvalue weighted by molar-refractivity contribution is -0.130. The van der Waals surface area contributed by atoms with Gasteiger partial charge in [-0.15, -0.1) is 0 Å². The van der Waals surface area contributed by atoms with Gasteiger partial charge in [0.2, 0.25) is 5.91 Å².